The van der Waals surface area contributed by atoms with Crippen LogP contribution in [0.3, 0.4) is 0 Å². The van der Waals surface area contributed by atoms with Gasteiger partial charge in [0, 0.05) is 17.9 Å². The monoisotopic (exact) mass is 281 g/mol. The van der Waals surface area contributed by atoms with E-state index in [1.54, 1.807) is 0 Å². The van der Waals surface area contributed by atoms with Crippen molar-refractivity contribution in [2.24, 2.45) is 17.3 Å². The summed E-state index contributed by atoms with van der Waals surface area (Å²) < 4.78 is 6.38. The molecular weight excluding hydrogens is 250 g/mol. The van der Waals surface area contributed by atoms with E-state index in [1.807, 2.05) is 13.8 Å². The molecule has 20 heavy (non-hydrogen) atoms. The van der Waals surface area contributed by atoms with Gasteiger partial charge in [-0.05, 0) is 24.7 Å². The van der Waals surface area contributed by atoms with Crippen LogP contribution in [0.15, 0.2) is 0 Å². The van der Waals surface area contributed by atoms with Crippen molar-refractivity contribution in [3.8, 4) is 0 Å². The maximum Gasteiger partial charge on any atom is 0.222 e. The van der Waals surface area contributed by atoms with E-state index in [1.165, 1.54) is 19.3 Å². The molecule has 0 aromatic heterocycles. The molecule has 1 aliphatic heterocycles. The molecule has 3 nitrogen and oxygen atoms in total. The Bertz CT molecular complexity index is 345. The van der Waals surface area contributed by atoms with Gasteiger partial charge in [-0.2, -0.15) is 0 Å². The van der Waals surface area contributed by atoms with Crippen molar-refractivity contribution in [3.05, 3.63) is 0 Å². The predicted octanol–water partition coefficient (Wildman–Crippen LogP) is 3.52. The summed E-state index contributed by atoms with van der Waals surface area (Å²) in [7, 11) is 0. The quantitative estimate of drug-likeness (QED) is 0.841. The number of fused-ring (bicyclic) bond motifs is 1. The summed E-state index contributed by atoms with van der Waals surface area (Å²) in [6.07, 6.45) is 6.46. The van der Waals surface area contributed by atoms with E-state index in [4.69, 9.17) is 4.74 Å². The summed E-state index contributed by atoms with van der Waals surface area (Å²) in [5, 5.41) is 3.30. The zero-order valence-electron chi connectivity index (χ0n) is 13.7. The van der Waals surface area contributed by atoms with Crippen LogP contribution in [0, 0.1) is 17.3 Å². The van der Waals surface area contributed by atoms with Gasteiger partial charge >= 0.3 is 0 Å². The molecule has 1 N–H and O–H groups in total. The van der Waals surface area contributed by atoms with E-state index in [2.05, 4.69) is 26.1 Å². The number of nitrogens with one attached hydrogen (secondary N) is 1. The molecule has 1 amide bonds. The lowest BCUT2D eigenvalue weighted by atomic mass is 9.73. The van der Waals surface area contributed by atoms with Crippen molar-refractivity contribution in [2.75, 3.05) is 0 Å². The summed E-state index contributed by atoms with van der Waals surface area (Å²) in [5.74, 6) is 0.770. The molecule has 0 spiro atoms. The zero-order valence-corrected chi connectivity index (χ0v) is 13.7. The van der Waals surface area contributed by atoms with Crippen molar-refractivity contribution >= 4 is 5.91 Å². The molecule has 0 aromatic rings. The largest absolute Gasteiger partial charge is 0.374 e. The lowest BCUT2D eigenvalue weighted by molar-refractivity contribution is -0.153. The normalized spacial score (nSPS) is 34.7. The molecular formula is C17H31NO2. The van der Waals surface area contributed by atoms with Gasteiger partial charge in [-0.25, -0.2) is 0 Å². The molecule has 2 rings (SSSR count). The molecule has 2 fully saturated rings. The van der Waals surface area contributed by atoms with Crippen molar-refractivity contribution in [2.45, 2.75) is 85.0 Å². The summed E-state index contributed by atoms with van der Waals surface area (Å²) in [4.78, 5) is 12.1. The molecule has 1 saturated carbocycles. The predicted molar refractivity (Wildman–Crippen MR) is 81.5 cm³/mol. The minimum absolute atomic E-state index is 0.0629. The third kappa shape index (κ3) is 3.55. The Morgan fingerprint density at radius 3 is 2.45 bits per heavy atom. The second-order valence-corrected chi connectivity index (χ2v) is 7.98. The van der Waals surface area contributed by atoms with Crippen LogP contribution in [0.1, 0.15) is 66.7 Å². The van der Waals surface area contributed by atoms with Crippen LogP contribution in [-0.2, 0) is 9.53 Å². The first kappa shape index (κ1) is 15.8. The Labute approximate surface area is 123 Å². The first-order valence-corrected chi connectivity index (χ1v) is 8.25. The molecule has 0 radical (unpaired) electrons. The number of carbonyl (C=O) groups excluding carboxylic acids is 1. The first-order valence-electron chi connectivity index (χ1n) is 8.25. The number of ether oxygens (including phenoxy) is 1. The minimum Gasteiger partial charge on any atom is -0.374 e. The second-order valence-electron chi connectivity index (χ2n) is 7.98. The Hall–Kier alpha value is -0.570. The maximum atomic E-state index is 12.1. The van der Waals surface area contributed by atoms with Gasteiger partial charge in [0.2, 0.25) is 5.91 Å². The third-order valence-corrected chi connectivity index (χ3v) is 4.90. The first-order chi connectivity index (χ1) is 9.29. The molecule has 4 atom stereocenters. The lowest BCUT2D eigenvalue weighted by Gasteiger charge is -2.48. The van der Waals surface area contributed by atoms with E-state index in [0.717, 1.165) is 12.8 Å². The average Bonchev–Trinajstić information content (AvgIpc) is 2.37. The van der Waals surface area contributed by atoms with Crippen LogP contribution in [0.4, 0.5) is 0 Å². The number of hydrogen-bond acceptors (Lipinski definition) is 2. The SMILES string of the molecule is CC(C)C(=O)N[C@@H]1C[C@H](C(C)(C)C)O[C@@H]2CCCC[C@@H]12. The molecule has 3 heteroatoms. The summed E-state index contributed by atoms with van der Waals surface area (Å²) in [6.45, 7) is 10.6. The average molecular weight is 281 g/mol. The summed E-state index contributed by atoms with van der Waals surface area (Å²) >= 11 is 0. The minimum atomic E-state index is 0.0629. The van der Waals surface area contributed by atoms with Crippen LogP contribution in [0.5, 0.6) is 0 Å². The Morgan fingerprint density at radius 2 is 1.85 bits per heavy atom. The van der Waals surface area contributed by atoms with E-state index in [-0.39, 0.29) is 23.3 Å². The molecule has 0 bridgehead atoms. The van der Waals surface area contributed by atoms with Crippen LogP contribution in [0.2, 0.25) is 0 Å². The number of amides is 1. The topological polar surface area (TPSA) is 38.3 Å². The highest BCUT2D eigenvalue weighted by molar-refractivity contribution is 5.78. The van der Waals surface area contributed by atoms with Crippen molar-refractivity contribution in [1.29, 1.82) is 0 Å². The molecule has 1 aliphatic carbocycles. The van der Waals surface area contributed by atoms with Gasteiger partial charge in [0.1, 0.15) is 0 Å². The second kappa shape index (κ2) is 6.05. The Kier molecular flexibility index (Phi) is 4.78. The van der Waals surface area contributed by atoms with E-state index in [0.29, 0.717) is 18.1 Å². The maximum absolute atomic E-state index is 12.1. The molecule has 116 valence electrons. The molecule has 1 heterocycles. The van der Waals surface area contributed by atoms with E-state index >= 15 is 0 Å². The van der Waals surface area contributed by atoms with Crippen LogP contribution in [0.25, 0.3) is 0 Å². The number of hydrogen-bond donors (Lipinski definition) is 1. The van der Waals surface area contributed by atoms with Crippen LogP contribution in [-0.4, -0.2) is 24.2 Å². The lowest BCUT2D eigenvalue weighted by Crippen LogP contribution is -2.56. The van der Waals surface area contributed by atoms with Gasteiger partial charge in [-0.1, -0.05) is 47.5 Å². The fraction of sp³-hybridized carbons (Fsp3) is 0.941. The van der Waals surface area contributed by atoms with Crippen molar-refractivity contribution in [3.63, 3.8) is 0 Å². The van der Waals surface area contributed by atoms with E-state index in [9.17, 15) is 4.79 Å². The summed E-state index contributed by atoms with van der Waals surface area (Å²) in [6, 6.07) is 0.299. The van der Waals surface area contributed by atoms with Crippen LogP contribution < -0.4 is 5.32 Å². The highest BCUT2D eigenvalue weighted by Gasteiger charge is 2.43. The van der Waals surface area contributed by atoms with Crippen molar-refractivity contribution < 1.29 is 9.53 Å². The van der Waals surface area contributed by atoms with Gasteiger partial charge in [-0.3, -0.25) is 4.79 Å². The smallest absolute Gasteiger partial charge is 0.222 e. The fourth-order valence-corrected chi connectivity index (χ4v) is 3.50. The van der Waals surface area contributed by atoms with Gasteiger partial charge < -0.3 is 10.1 Å². The fourth-order valence-electron chi connectivity index (χ4n) is 3.50. The van der Waals surface area contributed by atoms with E-state index < -0.39 is 0 Å². The third-order valence-electron chi connectivity index (χ3n) is 4.90. The molecule has 0 unspecified atom stereocenters. The van der Waals surface area contributed by atoms with Gasteiger partial charge in [0.25, 0.3) is 0 Å². The Morgan fingerprint density at radius 1 is 1.20 bits per heavy atom. The van der Waals surface area contributed by atoms with Crippen LogP contribution >= 0.6 is 0 Å². The van der Waals surface area contributed by atoms with Crippen molar-refractivity contribution in [1.82, 2.24) is 5.32 Å². The number of rotatable bonds is 2. The molecule has 2 aliphatic rings. The summed E-state index contributed by atoms with van der Waals surface area (Å²) in [5.41, 5.74) is 0.142. The highest BCUT2D eigenvalue weighted by Crippen LogP contribution is 2.40. The Balaban J connectivity index is 2.11. The van der Waals surface area contributed by atoms with Gasteiger partial charge in [0.15, 0.2) is 0 Å². The van der Waals surface area contributed by atoms with Gasteiger partial charge in [-0.15, -0.1) is 0 Å². The zero-order chi connectivity index (χ0) is 14.9. The number of carbonyl (C=O) groups is 1. The highest BCUT2D eigenvalue weighted by atomic mass is 16.5. The molecule has 1 saturated heterocycles. The molecule has 0 aromatic carbocycles. The standard InChI is InChI=1S/C17H31NO2/c1-11(2)16(19)18-13-10-15(17(3,4)5)20-14-9-7-6-8-12(13)14/h11-15H,6-10H2,1-5H3,(H,18,19)/t12-,13+,14+,15+/m0/s1. The van der Waals surface area contributed by atoms with Gasteiger partial charge in [0.05, 0.1) is 12.2 Å².